The highest BCUT2D eigenvalue weighted by atomic mass is 32.1. The maximum absolute atomic E-state index is 13.2. The quantitative estimate of drug-likeness (QED) is 0.205. The summed E-state index contributed by atoms with van der Waals surface area (Å²) in [6, 6.07) is 13.0. The second-order valence-electron chi connectivity index (χ2n) is 9.49. The van der Waals surface area contributed by atoms with E-state index in [2.05, 4.69) is 31.6 Å². The molecule has 2 aromatic heterocycles. The standard InChI is InChI=1S/C29H29N5O3S/c1-2-3-15-36-22-16-20(28(35)31-29-30-24-7-4-5-8-25(24)38-29)17-23(18-22)37-21-12-10-19(11-13-21)27-33-32-26-9-6-14-34(26)27/h2,10-13,16-18H,1,3-9,14-15H2,(H,30,31,35). The van der Waals surface area contributed by atoms with Crippen LogP contribution in [0.25, 0.3) is 11.4 Å². The molecular weight excluding hydrogens is 498 g/mol. The molecule has 0 fully saturated rings. The predicted molar refractivity (Wildman–Crippen MR) is 147 cm³/mol. The van der Waals surface area contributed by atoms with Crippen LogP contribution >= 0.6 is 11.3 Å². The van der Waals surface area contributed by atoms with Crippen LogP contribution < -0.4 is 14.8 Å². The number of aromatic nitrogens is 4. The molecule has 38 heavy (non-hydrogen) atoms. The van der Waals surface area contributed by atoms with Crippen molar-refractivity contribution < 1.29 is 14.3 Å². The molecule has 0 atom stereocenters. The summed E-state index contributed by atoms with van der Waals surface area (Å²) in [6.07, 6.45) is 8.91. The molecule has 0 radical (unpaired) electrons. The second-order valence-corrected chi connectivity index (χ2v) is 10.6. The Balaban J connectivity index is 1.21. The summed E-state index contributed by atoms with van der Waals surface area (Å²) in [5.41, 5.74) is 2.55. The van der Waals surface area contributed by atoms with Gasteiger partial charge in [-0.3, -0.25) is 10.1 Å². The van der Waals surface area contributed by atoms with Gasteiger partial charge in [0.25, 0.3) is 5.91 Å². The van der Waals surface area contributed by atoms with E-state index < -0.39 is 0 Å². The fourth-order valence-corrected chi connectivity index (χ4v) is 5.90. The van der Waals surface area contributed by atoms with E-state index in [4.69, 9.17) is 9.47 Å². The fourth-order valence-electron chi connectivity index (χ4n) is 4.85. The van der Waals surface area contributed by atoms with Crippen LogP contribution in [0, 0.1) is 0 Å². The van der Waals surface area contributed by atoms with Gasteiger partial charge in [-0.1, -0.05) is 6.08 Å². The molecule has 1 aliphatic carbocycles. The van der Waals surface area contributed by atoms with E-state index >= 15 is 0 Å². The highest BCUT2D eigenvalue weighted by molar-refractivity contribution is 7.15. The number of hydrogen-bond acceptors (Lipinski definition) is 7. The average molecular weight is 528 g/mol. The van der Waals surface area contributed by atoms with E-state index in [-0.39, 0.29) is 5.91 Å². The number of fused-ring (bicyclic) bond motifs is 2. The Morgan fingerprint density at radius 1 is 1.03 bits per heavy atom. The molecule has 0 bridgehead atoms. The van der Waals surface area contributed by atoms with Crippen molar-refractivity contribution in [3.05, 3.63) is 77.1 Å². The maximum Gasteiger partial charge on any atom is 0.257 e. The van der Waals surface area contributed by atoms with E-state index in [1.807, 2.05) is 24.3 Å². The van der Waals surface area contributed by atoms with Gasteiger partial charge in [0.2, 0.25) is 0 Å². The Kier molecular flexibility index (Phi) is 6.92. The van der Waals surface area contributed by atoms with Gasteiger partial charge in [-0.05, 0) is 74.9 Å². The first kappa shape index (κ1) is 24.4. The van der Waals surface area contributed by atoms with Crippen molar-refractivity contribution in [2.45, 2.75) is 51.5 Å². The first-order valence-corrected chi connectivity index (χ1v) is 13.9. The SMILES string of the molecule is C=CCCOc1cc(Oc2ccc(-c3nnc4n3CCC4)cc2)cc(C(=O)Nc2nc3c(s2)CCCC3)c1. The van der Waals surface area contributed by atoms with Crippen LogP contribution in [0.2, 0.25) is 0 Å². The third kappa shape index (κ3) is 5.19. The number of anilines is 1. The van der Waals surface area contributed by atoms with Gasteiger partial charge in [0.15, 0.2) is 11.0 Å². The van der Waals surface area contributed by atoms with E-state index in [0.717, 1.165) is 61.6 Å². The third-order valence-electron chi connectivity index (χ3n) is 6.76. The molecule has 0 saturated heterocycles. The fraction of sp³-hybridized carbons (Fsp3) is 0.310. The first-order chi connectivity index (χ1) is 18.7. The van der Waals surface area contributed by atoms with Crippen molar-refractivity contribution in [3.63, 3.8) is 0 Å². The van der Waals surface area contributed by atoms with Gasteiger partial charge in [0, 0.05) is 35.0 Å². The number of carbonyl (C=O) groups is 1. The van der Waals surface area contributed by atoms with Crippen molar-refractivity contribution in [2.24, 2.45) is 0 Å². The van der Waals surface area contributed by atoms with Gasteiger partial charge >= 0.3 is 0 Å². The minimum absolute atomic E-state index is 0.244. The molecule has 4 aromatic rings. The third-order valence-corrected chi connectivity index (χ3v) is 7.83. The number of carbonyl (C=O) groups excluding carboxylic acids is 1. The summed E-state index contributed by atoms with van der Waals surface area (Å²) >= 11 is 1.57. The molecule has 8 nitrogen and oxygen atoms in total. The molecule has 0 saturated carbocycles. The van der Waals surface area contributed by atoms with Crippen LogP contribution in [0.4, 0.5) is 5.13 Å². The summed E-state index contributed by atoms with van der Waals surface area (Å²) in [6.45, 7) is 5.16. The molecule has 0 unspecified atom stereocenters. The van der Waals surface area contributed by atoms with Crippen molar-refractivity contribution >= 4 is 22.4 Å². The highest BCUT2D eigenvalue weighted by Gasteiger charge is 2.20. The number of nitrogens with zero attached hydrogens (tertiary/aromatic N) is 4. The van der Waals surface area contributed by atoms with Gasteiger partial charge in [-0.25, -0.2) is 4.98 Å². The zero-order valence-corrected chi connectivity index (χ0v) is 21.9. The van der Waals surface area contributed by atoms with E-state index in [1.165, 1.54) is 11.3 Å². The highest BCUT2D eigenvalue weighted by Crippen LogP contribution is 2.32. The number of thiazole rings is 1. The molecule has 1 N–H and O–H groups in total. The minimum atomic E-state index is -0.244. The molecule has 1 aliphatic heterocycles. The zero-order chi connectivity index (χ0) is 25.9. The van der Waals surface area contributed by atoms with Crippen molar-refractivity contribution in [2.75, 3.05) is 11.9 Å². The molecule has 2 aliphatic rings. The van der Waals surface area contributed by atoms with Gasteiger partial charge in [0.1, 0.15) is 23.1 Å². The first-order valence-electron chi connectivity index (χ1n) is 13.1. The molecule has 194 valence electrons. The van der Waals surface area contributed by atoms with Crippen LogP contribution in [0.3, 0.4) is 0 Å². The van der Waals surface area contributed by atoms with Crippen LogP contribution in [0.1, 0.15) is 52.4 Å². The van der Waals surface area contributed by atoms with Crippen molar-refractivity contribution in [1.82, 2.24) is 19.7 Å². The lowest BCUT2D eigenvalue weighted by Crippen LogP contribution is -2.12. The molecule has 9 heteroatoms. The zero-order valence-electron chi connectivity index (χ0n) is 21.1. The summed E-state index contributed by atoms with van der Waals surface area (Å²) in [5, 5.41) is 12.3. The van der Waals surface area contributed by atoms with Crippen LogP contribution in [0.15, 0.2) is 55.1 Å². The predicted octanol–water partition coefficient (Wildman–Crippen LogP) is 6.23. The lowest BCUT2D eigenvalue weighted by Gasteiger charge is -2.12. The van der Waals surface area contributed by atoms with Gasteiger partial charge in [-0.15, -0.1) is 28.1 Å². The maximum atomic E-state index is 13.2. The monoisotopic (exact) mass is 527 g/mol. The van der Waals surface area contributed by atoms with Gasteiger partial charge in [-0.2, -0.15) is 0 Å². The van der Waals surface area contributed by atoms with Crippen LogP contribution in [-0.4, -0.2) is 32.3 Å². The van der Waals surface area contributed by atoms with Crippen LogP contribution in [-0.2, 0) is 25.8 Å². The number of benzene rings is 2. The number of amides is 1. The lowest BCUT2D eigenvalue weighted by atomic mass is 10.0. The normalized spacial score (nSPS) is 14.0. The lowest BCUT2D eigenvalue weighted by molar-refractivity contribution is 0.102. The van der Waals surface area contributed by atoms with Crippen molar-refractivity contribution in [1.29, 1.82) is 0 Å². The number of aryl methyl sites for hydroxylation is 3. The molecule has 2 aromatic carbocycles. The average Bonchev–Trinajstić information content (AvgIpc) is 3.65. The summed E-state index contributed by atoms with van der Waals surface area (Å²) in [4.78, 5) is 19.1. The number of hydrogen-bond donors (Lipinski definition) is 1. The van der Waals surface area contributed by atoms with E-state index in [0.29, 0.717) is 41.0 Å². The van der Waals surface area contributed by atoms with Crippen LogP contribution in [0.5, 0.6) is 17.2 Å². The molecule has 3 heterocycles. The number of rotatable bonds is 9. The summed E-state index contributed by atoms with van der Waals surface area (Å²) < 4.78 is 14.2. The van der Waals surface area contributed by atoms with Crippen molar-refractivity contribution in [3.8, 4) is 28.6 Å². The molecule has 6 rings (SSSR count). The Bertz CT molecular complexity index is 1450. The number of nitrogens with one attached hydrogen (secondary N) is 1. The molecule has 1 amide bonds. The Labute approximate surface area is 225 Å². The Morgan fingerprint density at radius 2 is 1.87 bits per heavy atom. The van der Waals surface area contributed by atoms with Gasteiger partial charge in [0.05, 0.1) is 12.3 Å². The minimum Gasteiger partial charge on any atom is -0.493 e. The Hall–Kier alpha value is -3.98. The molecule has 0 spiro atoms. The summed E-state index contributed by atoms with van der Waals surface area (Å²) in [5.74, 6) is 3.40. The summed E-state index contributed by atoms with van der Waals surface area (Å²) in [7, 11) is 0. The van der Waals surface area contributed by atoms with E-state index in [9.17, 15) is 4.79 Å². The van der Waals surface area contributed by atoms with Gasteiger partial charge < -0.3 is 14.0 Å². The largest absolute Gasteiger partial charge is 0.493 e. The second kappa shape index (κ2) is 10.8. The molecular formula is C29H29N5O3S. The smallest absolute Gasteiger partial charge is 0.257 e. The topological polar surface area (TPSA) is 91.2 Å². The number of ether oxygens (including phenoxy) is 2. The Morgan fingerprint density at radius 3 is 2.71 bits per heavy atom. The van der Waals surface area contributed by atoms with E-state index in [1.54, 1.807) is 35.6 Å².